The van der Waals surface area contributed by atoms with Crippen molar-refractivity contribution in [2.45, 2.75) is 11.8 Å². The van der Waals surface area contributed by atoms with Crippen molar-refractivity contribution in [1.82, 2.24) is 14.5 Å². The zero-order valence-electron chi connectivity index (χ0n) is 13.3. The first-order valence-corrected chi connectivity index (χ1v) is 8.99. The van der Waals surface area contributed by atoms with Crippen LogP contribution in [-0.2, 0) is 15.8 Å². The number of hydrogen-bond acceptors (Lipinski definition) is 4. The average molecular weight is 329 g/mol. The highest BCUT2D eigenvalue weighted by atomic mass is 32.2. The maximum absolute atomic E-state index is 13.6. The van der Waals surface area contributed by atoms with Crippen LogP contribution in [0.3, 0.4) is 0 Å². The highest BCUT2D eigenvalue weighted by Crippen LogP contribution is 2.18. The summed E-state index contributed by atoms with van der Waals surface area (Å²) in [6.07, 6.45) is 0. The van der Waals surface area contributed by atoms with Crippen LogP contribution in [0.1, 0.15) is 5.56 Å². The zero-order valence-corrected chi connectivity index (χ0v) is 14.1. The largest absolute Gasteiger partial charge is 0.309 e. The van der Waals surface area contributed by atoms with Gasteiger partial charge in [0.15, 0.2) is 0 Å². The van der Waals surface area contributed by atoms with Crippen molar-refractivity contribution in [1.29, 1.82) is 0 Å². The van der Waals surface area contributed by atoms with E-state index in [0.29, 0.717) is 6.54 Å². The monoisotopic (exact) mass is 329 g/mol. The predicted molar refractivity (Wildman–Crippen MR) is 85.5 cm³/mol. The van der Waals surface area contributed by atoms with E-state index >= 15 is 0 Å². The Hall–Kier alpha value is -1.02. The van der Waals surface area contributed by atoms with Crippen LogP contribution in [0.5, 0.6) is 0 Å². The standard InChI is InChI=1S/C15H24FN3O2S/c1-18(2)8-13-9-19(3)10-15(13)17-22(20,21)11-12-6-4-5-7-14(12)16/h4-7,13,15,17H,8-11H2,1-3H3/t13-,15-/m1/s1. The van der Waals surface area contributed by atoms with E-state index in [1.807, 2.05) is 21.1 Å². The molecule has 1 aromatic rings. The zero-order chi connectivity index (χ0) is 16.3. The smallest absolute Gasteiger partial charge is 0.216 e. The Morgan fingerprint density at radius 1 is 1.32 bits per heavy atom. The summed E-state index contributed by atoms with van der Waals surface area (Å²) in [5.41, 5.74) is 0.200. The van der Waals surface area contributed by atoms with Crippen LogP contribution in [0.4, 0.5) is 4.39 Å². The van der Waals surface area contributed by atoms with E-state index < -0.39 is 15.8 Å². The lowest BCUT2D eigenvalue weighted by atomic mass is 10.0. The van der Waals surface area contributed by atoms with Gasteiger partial charge in [0, 0.05) is 37.2 Å². The molecule has 1 aliphatic rings. The van der Waals surface area contributed by atoms with Gasteiger partial charge in [0.25, 0.3) is 0 Å². The molecule has 124 valence electrons. The number of likely N-dealkylation sites (tertiary alicyclic amines) is 1. The SMILES string of the molecule is CN(C)C[C@@H]1CN(C)C[C@H]1NS(=O)(=O)Cc1ccccc1F. The van der Waals surface area contributed by atoms with Gasteiger partial charge >= 0.3 is 0 Å². The summed E-state index contributed by atoms with van der Waals surface area (Å²) < 4.78 is 41.1. The molecule has 2 rings (SSSR count). The van der Waals surface area contributed by atoms with E-state index in [-0.39, 0.29) is 23.3 Å². The minimum absolute atomic E-state index is 0.135. The van der Waals surface area contributed by atoms with Crippen LogP contribution in [0.2, 0.25) is 0 Å². The van der Waals surface area contributed by atoms with E-state index in [0.717, 1.165) is 13.1 Å². The molecule has 0 radical (unpaired) electrons. The fourth-order valence-corrected chi connectivity index (χ4v) is 4.42. The van der Waals surface area contributed by atoms with E-state index in [9.17, 15) is 12.8 Å². The minimum atomic E-state index is -3.57. The van der Waals surface area contributed by atoms with Gasteiger partial charge in [0.2, 0.25) is 10.0 Å². The van der Waals surface area contributed by atoms with Gasteiger partial charge < -0.3 is 9.80 Å². The normalized spacial score (nSPS) is 23.3. The van der Waals surface area contributed by atoms with Crippen molar-refractivity contribution < 1.29 is 12.8 Å². The van der Waals surface area contributed by atoms with Crippen molar-refractivity contribution in [3.63, 3.8) is 0 Å². The maximum atomic E-state index is 13.6. The van der Waals surface area contributed by atoms with Crippen LogP contribution in [0.15, 0.2) is 24.3 Å². The first-order chi connectivity index (χ1) is 10.3. The molecule has 0 amide bonds. The molecule has 1 aromatic carbocycles. The summed E-state index contributed by atoms with van der Waals surface area (Å²) >= 11 is 0. The van der Waals surface area contributed by atoms with Gasteiger partial charge in [-0.2, -0.15) is 0 Å². The Kier molecular flexibility index (Phi) is 5.55. The summed E-state index contributed by atoms with van der Waals surface area (Å²) in [7, 11) is 2.36. The van der Waals surface area contributed by atoms with Crippen LogP contribution < -0.4 is 4.72 Å². The summed E-state index contributed by atoms with van der Waals surface area (Å²) in [4.78, 5) is 4.17. The molecule has 5 nitrogen and oxygen atoms in total. The molecular weight excluding hydrogens is 305 g/mol. The van der Waals surface area contributed by atoms with Gasteiger partial charge in [-0.3, -0.25) is 0 Å². The Morgan fingerprint density at radius 3 is 2.64 bits per heavy atom. The molecule has 0 aromatic heterocycles. The minimum Gasteiger partial charge on any atom is -0.309 e. The van der Waals surface area contributed by atoms with Gasteiger partial charge in [0.05, 0.1) is 5.75 Å². The molecule has 0 unspecified atom stereocenters. The molecule has 0 spiro atoms. The van der Waals surface area contributed by atoms with E-state index in [1.165, 1.54) is 12.1 Å². The topological polar surface area (TPSA) is 52.6 Å². The lowest BCUT2D eigenvalue weighted by Crippen LogP contribution is -2.43. The Morgan fingerprint density at radius 2 is 2.00 bits per heavy atom. The van der Waals surface area contributed by atoms with Gasteiger partial charge in [-0.15, -0.1) is 0 Å². The summed E-state index contributed by atoms with van der Waals surface area (Å²) in [5, 5.41) is 0. The van der Waals surface area contributed by atoms with E-state index in [2.05, 4.69) is 14.5 Å². The number of benzene rings is 1. The number of hydrogen-bond donors (Lipinski definition) is 1. The molecule has 1 fully saturated rings. The molecular formula is C15H24FN3O2S. The number of halogens is 1. The third-order valence-corrected chi connectivity index (χ3v) is 5.21. The van der Waals surface area contributed by atoms with Crippen LogP contribution in [0, 0.1) is 11.7 Å². The third-order valence-electron chi connectivity index (χ3n) is 3.86. The molecule has 7 heteroatoms. The molecule has 1 heterocycles. The Balaban J connectivity index is 2.06. The van der Waals surface area contributed by atoms with E-state index in [4.69, 9.17) is 0 Å². The Labute approximate surface area is 132 Å². The number of likely N-dealkylation sites (N-methyl/N-ethyl adjacent to an activating group) is 1. The maximum Gasteiger partial charge on any atom is 0.216 e. The van der Waals surface area contributed by atoms with E-state index in [1.54, 1.807) is 12.1 Å². The molecule has 1 aliphatic heterocycles. The van der Waals surface area contributed by atoms with Gasteiger partial charge in [-0.1, -0.05) is 18.2 Å². The highest BCUT2D eigenvalue weighted by Gasteiger charge is 2.34. The fraction of sp³-hybridized carbons (Fsp3) is 0.600. The summed E-state index contributed by atoms with van der Waals surface area (Å²) in [5.74, 6) is -0.578. The van der Waals surface area contributed by atoms with Crippen molar-refractivity contribution in [3.8, 4) is 0 Å². The number of nitrogens with one attached hydrogen (secondary N) is 1. The molecule has 1 N–H and O–H groups in total. The lowest BCUT2D eigenvalue weighted by molar-refractivity contribution is 0.303. The van der Waals surface area contributed by atoms with Crippen LogP contribution >= 0.6 is 0 Å². The van der Waals surface area contributed by atoms with Gasteiger partial charge in [-0.25, -0.2) is 17.5 Å². The molecule has 1 saturated heterocycles. The quantitative estimate of drug-likeness (QED) is 0.836. The second-order valence-electron chi connectivity index (χ2n) is 6.32. The summed E-state index contributed by atoms with van der Waals surface area (Å²) in [6.45, 7) is 2.34. The van der Waals surface area contributed by atoms with Gasteiger partial charge in [-0.05, 0) is 27.2 Å². The molecule has 2 atom stereocenters. The fourth-order valence-electron chi connectivity index (χ4n) is 2.97. The molecule has 0 saturated carbocycles. The molecule has 0 bridgehead atoms. The van der Waals surface area contributed by atoms with Crippen molar-refractivity contribution in [2.75, 3.05) is 40.8 Å². The number of nitrogens with zero attached hydrogens (tertiary/aromatic N) is 2. The Bertz CT molecular complexity index is 607. The number of sulfonamides is 1. The second kappa shape index (κ2) is 7.04. The van der Waals surface area contributed by atoms with Crippen LogP contribution in [-0.4, -0.2) is 65.0 Å². The van der Waals surface area contributed by atoms with Crippen LogP contribution in [0.25, 0.3) is 0 Å². The predicted octanol–water partition coefficient (Wildman–Crippen LogP) is 0.737. The molecule has 22 heavy (non-hydrogen) atoms. The number of rotatable bonds is 6. The van der Waals surface area contributed by atoms with Crippen molar-refractivity contribution in [2.24, 2.45) is 5.92 Å². The second-order valence-corrected chi connectivity index (χ2v) is 8.07. The van der Waals surface area contributed by atoms with Crippen molar-refractivity contribution in [3.05, 3.63) is 35.6 Å². The van der Waals surface area contributed by atoms with Gasteiger partial charge in [0.1, 0.15) is 5.82 Å². The third kappa shape index (κ3) is 4.74. The lowest BCUT2D eigenvalue weighted by Gasteiger charge is -2.23. The van der Waals surface area contributed by atoms with Crippen molar-refractivity contribution >= 4 is 10.0 Å². The average Bonchev–Trinajstić information content (AvgIpc) is 2.70. The first kappa shape index (κ1) is 17.3. The first-order valence-electron chi connectivity index (χ1n) is 7.33. The highest BCUT2D eigenvalue weighted by molar-refractivity contribution is 7.88. The summed E-state index contributed by atoms with van der Waals surface area (Å²) in [6, 6.07) is 5.85. The molecule has 0 aliphatic carbocycles.